The zero-order chi connectivity index (χ0) is 18.7. The Morgan fingerprint density at radius 3 is 2.58 bits per heavy atom. The molecular weight excluding hydrogens is 374 g/mol. The van der Waals surface area contributed by atoms with Crippen LogP contribution in [0.25, 0.3) is 10.2 Å². The van der Waals surface area contributed by atoms with Crippen molar-refractivity contribution < 1.29 is 17.9 Å². The zero-order valence-corrected chi connectivity index (χ0v) is 15.8. The fraction of sp³-hybridized carbons (Fsp3) is 0.176. The summed E-state index contributed by atoms with van der Waals surface area (Å²) in [6.07, 6.45) is 0. The lowest BCUT2D eigenvalue weighted by Gasteiger charge is -2.09. The first-order valence-corrected chi connectivity index (χ1v) is 10.1. The van der Waals surface area contributed by atoms with Gasteiger partial charge in [-0.2, -0.15) is 0 Å². The summed E-state index contributed by atoms with van der Waals surface area (Å²) in [5.74, 6) is 0.404. The van der Waals surface area contributed by atoms with Crippen LogP contribution in [0.5, 0.6) is 5.75 Å². The van der Waals surface area contributed by atoms with Crippen molar-refractivity contribution in [1.82, 2.24) is 4.98 Å². The van der Waals surface area contributed by atoms with Gasteiger partial charge in [0.25, 0.3) is 10.0 Å². The number of fused-ring (bicyclic) bond motifs is 1. The molecule has 0 aliphatic carbocycles. The van der Waals surface area contributed by atoms with E-state index in [4.69, 9.17) is 4.74 Å². The van der Waals surface area contributed by atoms with Gasteiger partial charge in [0, 0.05) is 6.92 Å². The molecule has 0 saturated heterocycles. The van der Waals surface area contributed by atoms with Crippen molar-refractivity contribution in [3.63, 3.8) is 0 Å². The first-order valence-electron chi connectivity index (χ1n) is 7.81. The lowest BCUT2D eigenvalue weighted by molar-refractivity contribution is -0.114. The molecule has 1 heterocycles. The summed E-state index contributed by atoms with van der Waals surface area (Å²) in [4.78, 5) is 15.5. The van der Waals surface area contributed by atoms with E-state index in [1.807, 2.05) is 6.92 Å². The number of anilines is 2. The quantitative estimate of drug-likeness (QED) is 0.671. The molecule has 0 bridgehead atoms. The van der Waals surface area contributed by atoms with Crippen LogP contribution in [0, 0.1) is 0 Å². The van der Waals surface area contributed by atoms with Crippen LogP contribution in [0.3, 0.4) is 0 Å². The van der Waals surface area contributed by atoms with E-state index < -0.39 is 10.0 Å². The van der Waals surface area contributed by atoms with Crippen LogP contribution in [-0.2, 0) is 14.8 Å². The Labute approximate surface area is 155 Å². The molecule has 3 aromatic rings. The molecule has 0 unspecified atom stereocenters. The van der Waals surface area contributed by atoms with Crippen molar-refractivity contribution in [3.8, 4) is 5.75 Å². The fourth-order valence-electron chi connectivity index (χ4n) is 2.29. The first kappa shape index (κ1) is 18.2. The second-order valence-electron chi connectivity index (χ2n) is 5.39. The topological polar surface area (TPSA) is 97.4 Å². The Morgan fingerprint density at radius 1 is 1.19 bits per heavy atom. The predicted molar refractivity (Wildman–Crippen MR) is 102 cm³/mol. The third kappa shape index (κ3) is 4.12. The lowest BCUT2D eigenvalue weighted by Crippen LogP contribution is -2.12. The molecule has 7 nitrogen and oxygen atoms in total. The standard InChI is InChI=1S/C17H17N3O4S2/c1-3-24-13-5-7-14(8-6-13)26(22,23)20-12-4-9-16-15(10-12)19-17(25-16)18-11(2)21/h4-10,20H,3H2,1-2H3,(H,18,19,21). The highest BCUT2D eigenvalue weighted by molar-refractivity contribution is 7.92. The highest BCUT2D eigenvalue weighted by Gasteiger charge is 2.15. The first-order chi connectivity index (χ1) is 12.4. The van der Waals surface area contributed by atoms with Gasteiger partial charge in [0.1, 0.15) is 5.75 Å². The van der Waals surface area contributed by atoms with E-state index in [1.54, 1.807) is 30.3 Å². The van der Waals surface area contributed by atoms with Gasteiger partial charge in [0.15, 0.2) is 5.13 Å². The Hall–Kier alpha value is -2.65. The van der Waals surface area contributed by atoms with Gasteiger partial charge in [0.05, 0.1) is 27.4 Å². The van der Waals surface area contributed by atoms with Crippen LogP contribution in [0.2, 0.25) is 0 Å². The molecule has 0 radical (unpaired) electrons. The fourth-order valence-corrected chi connectivity index (χ4v) is 4.23. The number of benzene rings is 2. The summed E-state index contributed by atoms with van der Waals surface area (Å²) in [5.41, 5.74) is 0.997. The Bertz CT molecular complexity index is 1040. The molecule has 2 N–H and O–H groups in total. The minimum absolute atomic E-state index is 0.137. The number of rotatable bonds is 6. The average molecular weight is 391 g/mol. The molecule has 3 rings (SSSR count). The number of aromatic nitrogens is 1. The summed E-state index contributed by atoms with van der Waals surface area (Å²) in [6.45, 7) is 3.78. The molecule has 0 fully saturated rings. The van der Waals surface area contributed by atoms with Gasteiger partial charge < -0.3 is 10.1 Å². The number of carbonyl (C=O) groups is 1. The summed E-state index contributed by atoms with van der Waals surface area (Å²) in [6, 6.07) is 11.2. The van der Waals surface area contributed by atoms with Crippen molar-refractivity contribution in [2.75, 3.05) is 16.6 Å². The van der Waals surface area contributed by atoms with E-state index in [0.29, 0.717) is 28.7 Å². The molecular formula is C17H17N3O4S2. The maximum absolute atomic E-state index is 12.5. The normalized spacial score (nSPS) is 11.3. The second-order valence-corrected chi connectivity index (χ2v) is 8.11. The SMILES string of the molecule is CCOc1ccc(S(=O)(=O)Nc2ccc3sc(NC(C)=O)nc3c2)cc1. The van der Waals surface area contributed by atoms with Crippen molar-refractivity contribution in [3.05, 3.63) is 42.5 Å². The largest absolute Gasteiger partial charge is 0.494 e. The minimum atomic E-state index is -3.73. The van der Waals surface area contributed by atoms with Crippen LogP contribution < -0.4 is 14.8 Å². The van der Waals surface area contributed by atoms with Gasteiger partial charge >= 0.3 is 0 Å². The average Bonchev–Trinajstić information content (AvgIpc) is 2.96. The van der Waals surface area contributed by atoms with E-state index in [9.17, 15) is 13.2 Å². The van der Waals surface area contributed by atoms with Crippen LogP contribution in [0.1, 0.15) is 13.8 Å². The number of hydrogen-bond donors (Lipinski definition) is 2. The van der Waals surface area contributed by atoms with Gasteiger partial charge in [0.2, 0.25) is 5.91 Å². The molecule has 1 amide bonds. The molecule has 26 heavy (non-hydrogen) atoms. The maximum Gasteiger partial charge on any atom is 0.261 e. The van der Waals surface area contributed by atoms with Crippen molar-refractivity contribution >= 4 is 48.3 Å². The molecule has 136 valence electrons. The minimum Gasteiger partial charge on any atom is -0.494 e. The number of amides is 1. The number of ether oxygens (including phenoxy) is 1. The number of thiazole rings is 1. The van der Waals surface area contributed by atoms with Crippen molar-refractivity contribution in [1.29, 1.82) is 0 Å². The van der Waals surface area contributed by atoms with E-state index in [2.05, 4.69) is 15.0 Å². The van der Waals surface area contributed by atoms with Crippen LogP contribution in [0.15, 0.2) is 47.4 Å². The molecule has 0 atom stereocenters. The Morgan fingerprint density at radius 2 is 1.92 bits per heavy atom. The summed E-state index contributed by atoms with van der Waals surface area (Å²) in [5, 5.41) is 3.09. The molecule has 2 aromatic carbocycles. The van der Waals surface area contributed by atoms with E-state index in [0.717, 1.165) is 4.70 Å². The van der Waals surface area contributed by atoms with Gasteiger partial charge in [-0.1, -0.05) is 11.3 Å². The van der Waals surface area contributed by atoms with Crippen molar-refractivity contribution in [2.45, 2.75) is 18.7 Å². The molecule has 1 aromatic heterocycles. The number of sulfonamides is 1. The second kappa shape index (κ2) is 7.30. The maximum atomic E-state index is 12.5. The smallest absolute Gasteiger partial charge is 0.261 e. The number of hydrogen-bond acceptors (Lipinski definition) is 6. The highest BCUT2D eigenvalue weighted by Crippen LogP contribution is 2.29. The van der Waals surface area contributed by atoms with Gasteiger partial charge in [-0.15, -0.1) is 0 Å². The molecule has 0 saturated carbocycles. The van der Waals surface area contributed by atoms with Gasteiger partial charge in [-0.25, -0.2) is 13.4 Å². The van der Waals surface area contributed by atoms with Gasteiger partial charge in [-0.05, 0) is 49.4 Å². The van der Waals surface area contributed by atoms with Gasteiger partial charge in [-0.3, -0.25) is 9.52 Å². The molecule has 0 aliphatic rings. The lowest BCUT2D eigenvalue weighted by atomic mass is 10.3. The van der Waals surface area contributed by atoms with Crippen molar-refractivity contribution in [2.24, 2.45) is 0 Å². The summed E-state index contributed by atoms with van der Waals surface area (Å²) < 4.78 is 33.8. The van der Waals surface area contributed by atoms with Crippen LogP contribution in [0.4, 0.5) is 10.8 Å². The molecule has 0 aliphatic heterocycles. The monoisotopic (exact) mass is 391 g/mol. The Kier molecular flexibility index (Phi) is 5.10. The molecule has 0 spiro atoms. The van der Waals surface area contributed by atoms with E-state index in [-0.39, 0.29) is 10.8 Å². The number of carbonyl (C=O) groups excluding carboxylic acids is 1. The van der Waals surface area contributed by atoms with E-state index >= 15 is 0 Å². The molecule has 9 heteroatoms. The third-order valence-corrected chi connectivity index (χ3v) is 5.72. The summed E-state index contributed by atoms with van der Waals surface area (Å²) in [7, 11) is -3.73. The highest BCUT2D eigenvalue weighted by atomic mass is 32.2. The zero-order valence-electron chi connectivity index (χ0n) is 14.1. The third-order valence-electron chi connectivity index (χ3n) is 3.37. The van der Waals surface area contributed by atoms with Crippen LogP contribution in [-0.4, -0.2) is 25.9 Å². The number of nitrogens with zero attached hydrogens (tertiary/aromatic N) is 1. The van der Waals surface area contributed by atoms with E-state index in [1.165, 1.54) is 30.4 Å². The summed E-state index contributed by atoms with van der Waals surface area (Å²) >= 11 is 1.32. The Balaban J connectivity index is 1.83. The van der Waals surface area contributed by atoms with Crippen LogP contribution >= 0.6 is 11.3 Å². The predicted octanol–water partition coefficient (Wildman–Crippen LogP) is 3.45. The number of nitrogens with one attached hydrogen (secondary N) is 2.